The van der Waals surface area contributed by atoms with Crippen LogP contribution in [-0.4, -0.2) is 38.7 Å². The molecule has 1 aromatic heterocycles. The fourth-order valence-electron chi connectivity index (χ4n) is 3.35. The first-order valence-electron chi connectivity index (χ1n) is 9.10. The first-order chi connectivity index (χ1) is 12.1. The van der Waals surface area contributed by atoms with Crippen molar-refractivity contribution >= 4 is 11.6 Å². The summed E-state index contributed by atoms with van der Waals surface area (Å²) in [5.74, 6) is 1.37. The number of carbonyl (C=O) groups is 1. The van der Waals surface area contributed by atoms with Crippen molar-refractivity contribution in [3.05, 3.63) is 41.5 Å². The van der Waals surface area contributed by atoms with Gasteiger partial charge in [-0.3, -0.25) is 9.69 Å². The lowest BCUT2D eigenvalue weighted by Gasteiger charge is -2.21. The monoisotopic (exact) mass is 341 g/mol. The van der Waals surface area contributed by atoms with Gasteiger partial charge in [0.1, 0.15) is 18.2 Å². The number of nitrogens with one attached hydrogen (secondary N) is 1. The average Bonchev–Trinajstić information content (AvgIpc) is 2.77. The quantitative estimate of drug-likeness (QED) is 0.908. The Balaban J connectivity index is 1.65. The lowest BCUT2D eigenvalue weighted by Crippen LogP contribution is -2.26. The number of aryl methyl sites for hydroxylation is 2. The van der Waals surface area contributed by atoms with E-state index in [1.807, 2.05) is 32.0 Å². The van der Waals surface area contributed by atoms with Crippen molar-refractivity contribution in [2.24, 2.45) is 0 Å². The number of amides is 1. The molecule has 2 aromatic rings. The first-order valence-corrected chi connectivity index (χ1v) is 9.10. The molecule has 1 aliphatic rings. The SMILES string of the molecule is Cc1nc(C)n(CC(=O)Nc2ccccc2CN2CCCCCC2)n1. The fourth-order valence-corrected chi connectivity index (χ4v) is 3.35. The number of carbonyl (C=O) groups excluding carboxylic acids is 1. The molecule has 0 bridgehead atoms. The van der Waals surface area contributed by atoms with Crippen LogP contribution in [0.3, 0.4) is 0 Å². The van der Waals surface area contributed by atoms with E-state index < -0.39 is 0 Å². The molecule has 1 aliphatic heterocycles. The minimum atomic E-state index is -0.0729. The second-order valence-corrected chi connectivity index (χ2v) is 6.76. The molecule has 1 fully saturated rings. The Morgan fingerprint density at radius 1 is 1.12 bits per heavy atom. The number of nitrogens with zero attached hydrogens (tertiary/aromatic N) is 4. The third-order valence-corrected chi connectivity index (χ3v) is 4.64. The van der Waals surface area contributed by atoms with Crippen molar-refractivity contribution in [3.8, 4) is 0 Å². The van der Waals surface area contributed by atoms with E-state index in [2.05, 4.69) is 26.4 Å². The van der Waals surface area contributed by atoms with Gasteiger partial charge in [-0.25, -0.2) is 9.67 Å². The van der Waals surface area contributed by atoms with Crippen molar-refractivity contribution in [1.82, 2.24) is 19.7 Å². The zero-order chi connectivity index (χ0) is 17.6. The molecule has 1 amide bonds. The van der Waals surface area contributed by atoms with Crippen LogP contribution in [0.5, 0.6) is 0 Å². The van der Waals surface area contributed by atoms with Crippen LogP contribution < -0.4 is 5.32 Å². The van der Waals surface area contributed by atoms with Gasteiger partial charge in [-0.2, -0.15) is 5.10 Å². The van der Waals surface area contributed by atoms with Crippen molar-refractivity contribution in [1.29, 1.82) is 0 Å². The Hall–Kier alpha value is -2.21. The molecule has 1 N–H and O–H groups in total. The standard InChI is InChI=1S/C19H27N5O/c1-15-20-16(2)24(22-15)14-19(25)21-18-10-6-5-9-17(18)13-23-11-7-3-4-8-12-23/h5-6,9-10H,3-4,7-8,11-14H2,1-2H3,(H,21,25). The van der Waals surface area contributed by atoms with Gasteiger partial charge in [0.2, 0.25) is 5.91 Å². The molecule has 0 radical (unpaired) electrons. The summed E-state index contributed by atoms with van der Waals surface area (Å²) >= 11 is 0. The van der Waals surface area contributed by atoms with Crippen LogP contribution in [0.25, 0.3) is 0 Å². The van der Waals surface area contributed by atoms with Gasteiger partial charge in [-0.1, -0.05) is 31.0 Å². The van der Waals surface area contributed by atoms with E-state index in [1.54, 1.807) is 4.68 Å². The summed E-state index contributed by atoms with van der Waals surface area (Å²) in [7, 11) is 0. The molecule has 0 saturated carbocycles. The molecule has 25 heavy (non-hydrogen) atoms. The summed E-state index contributed by atoms with van der Waals surface area (Å²) in [4.78, 5) is 19.2. The van der Waals surface area contributed by atoms with Crippen molar-refractivity contribution in [3.63, 3.8) is 0 Å². The van der Waals surface area contributed by atoms with Gasteiger partial charge in [-0.05, 0) is 51.4 Å². The van der Waals surface area contributed by atoms with E-state index in [9.17, 15) is 4.79 Å². The second-order valence-electron chi connectivity index (χ2n) is 6.76. The Kier molecular flexibility index (Phi) is 5.81. The summed E-state index contributed by atoms with van der Waals surface area (Å²) < 4.78 is 1.64. The molecule has 0 aliphatic carbocycles. The molecule has 0 atom stereocenters. The molecule has 3 rings (SSSR count). The van der Waals surface area contributed by atoms with Crippen LogP contribution in [0.1, 0.15) is 42.9 Å². The lowest BCUT2D eigenvalue weighted by molar-refractivity contribution is -0.117. The van der Waals surface area contributed by atoms with Gasteiger partial charge in [0.15, 0.2) is 0 Å². The van der Waals surface area contributed by atoms with Gasteiger partial charge in [0.25, 0.3) is 0 Å². The average molecular weight is 341 g/mol. The van der Waals surface area contributed by atoms with Crippen molar-refractivity contribution < 1.29 is 4.79 Å². The van der Waals surface area contributed by atoms with E-state index in [0.717, 1.165) is 31.1 Å². The predicted octanol–water partition coefficient (Wildman–Crippen LogP) is 2.91. The topological polar surface area (TPSA) is 63.1 Å². The maximum absolute atomic E-state index is 12.4. The Bertz CT molecular complexity index is 716. The highest BCUT2D eigenvalue weighted by molar-refractivity contribution is 5.91. The highest BCUT2D eigenvalue weighted by atomic mass is 16.2. The first kappa shape index (κ1) is 17.6. The largest absolute Gasteiger partial charge is 0.324 e. The van der Waals surface area contributed by atoms with Crippen LogP contribution in [0.4, 0.5) is 5.69 Å². The number of benzene rings is 1. The molecule has 6 heteroatoms. The molecule has 0 unspecified atom stereocenters. The molecule has 1 aromatic carbocycles. The number of aromatic nitrogens is 3. The van der Waals surface area contributed by atoms with Crippen LogP contribution in [0.2, 0.25) is 0 Å². The summed E-state index contributed by atoms with van der Waals surface area (Å²) in [5, 5.41) is 7.30. The van der Waals surface area contributed by atoms with E-state index in [1.165, 1.54) is 31.2 Å². The number of likely N-dealkylation sites (tertiary alicyclic amines) is 1. The predicted molar refractivity (Wildman–Crippen MR) is 98.3 cm³/mol. The maximum Gasteiger partial charge on any atom is 0.246 e. The number of anilines is 1. The normalized spacial score (nSPS) is 15.8. The van der Waals surface area contributed by atoms with Crippen LogP contribution in [0, 0.1) is 13.8 Å². The smallest absolute Gasteiger partial charge is 0.246 e. The minimum absolute atomic E-state index is 0.0729. The van der Waals surface area contributed by atoms with Crippen LogP contribution in [-0.2, 0) is 17.9 Å². The van der Waals surface area contributed by atoms with Gasteiger partial charge < -0.3 is 5.32 Å². The number of hydrogen-bond donors (Lipinski definition) is 1. The summed E-state index contributed by atoms with van der Waals surface area (Å²) in [5.41, 5.74) is 2.07. The fraction of sp³-hybridized carbons (Fsp3) is 0.526. The maximum atomic E-state index is 12.4. The third-order valence-electron chi connectivity index (χ3n) is 4.64. The number of rotatable bonds is 5. The van der Waals surface area contributed by atoms with Gasteiger partial charge in [-0.15, -0.1) is 0 Å². The third kappa shape index (κ3) is 4.89. The van der Waals surface area contributed by atoms with E-state index in [4.69, 9.17) is 0 Å². The van der Waals surface area contributed by atoms with Crippen molar-refractivity contribution in [2.45, 2.75) is 52.6 Å². The zero-order valence-corrected chi connectivity index (χ0v) is 15.2. The Labute approximate surface area is 149 Å². The highest BCUT2D eigenvalue weighted by Gasteiger charge is 2.14. The highest BCUT2D eigenvalue weighted by Crippen LogP contribution is 2.19. The summed E-state index contributed by atoms with van der Waals surface area (Å²) in [6.45, 7) is 7.04. The summed E-state index contributed by atoms with van der Waals surface area (Å²) in [6, 6.07) is 8.08. The van der Waals surface area contributed by atoms with E-state index in [0.29, 0.717) is 5.82 Å². The zero-order valence-electron chi connectivity index (χ0n) is 15.2. The molecular weight excluding hydrogens is 314 g/mol. The number of hydrogen-bond acceptors (Lipinski definition) is 4. The minimum Gasteiger partial charge on any atom is -0.324 e. The lowest BCUT2D eigenvalue weighted by atomic mass is 10.1. The molecule has 1 saturated heterocycles. The Morgan fingerprint density at radius 2 is 1.84 bits per heavy atom. The Morgan fingerprint density at radius 3 is 2.52 bits per heavy atom. The molecule has 2 heterocycles. The molecule has 0 spiro atoms. The van der Waals surface area contributed by atoms with Crippen LogP contribution >= 0.6 is 0 Å². The van der Waals surface area contributed by atoms with Crippen molar-refractivity contribution in [2.75, 3.05) is 18.4 Å². The number of para-hydroxylation sites is 1. The van der Waals surface area contributed by atoms with E-state index >= 15 is 0 Å². The van der Waals surface area contributed by atoms with Gasteiger partial charge in [0.05, 0.1) is 0 Å². The molecule has 6 nitrogen and oxygen atoms in total. The van der Waals surface area contributed by atoms with Gasteiger partial charge >= 0.3 is 0 Å². The van der Waals surface area contributed by atoms with E-state index in [-0.39, 0.29) is 12.5 Å². The molecular formula is C19H27N5O. The second kappa shape index (κ2) is 8.25. The molecule has 134 valence electrons. The summed E-state index contributed by atoms with van der Waals surface area (Å²) in [6.07, 6.45) is 5.18. The van der Waals surface area contributed by atoms with Gasteiger partial charge in [0, 0.05) is 12.2 Å². The van der Waals surface area contributed by atoms with Crippen LogP contribution in [0.15, 0.2) is 24.3 Å².